The van der Waals surface area contributed by atoms with Crippen molar-refractivity contribution in [2.24, 2.45) is 0 Å². The fraction of sp³-hybridized carbons (Fsp3) is 0.773. The number of alkyl carbamates (subject to hydrolysis) is 1. The zero-order chi connectivity index (χ0) is 32.8. The topological polar surface area (TPSA) is 313 Å². The van der Waals surface area contributed by atoms with Crippen LogP contribution in [-0.2, 0) is 44.0 Å². The Morgan fingerprint density at radius 3 is 1.95 bits per heavy atom. The highest BCUT2D eigenvalue weighted by molar-refractivity contribution is 7.86. The van der Waals surface area contributed by atoms with E-state index < -0.39 is 80.6 Å². The fourth-order valence-corrected chi connectivity index (χ4v) is 4.72. The molecule has 2 rings (SSSR count). The van der Waals surface area contributed by atoms with E-state index in [1.54, 1.807) is 0 Å². The van der Waals surface area contributed by atoms with E-state index in [2.05, 4.69) is 20.1 Å². The van der Waals surface area contributed by atoms with Crippen LogP contribution >= 0.6 is 0 Å². The summed E-state index contributed by atoms with van der Waals surface area (Å²) < 4.78 is 73.1. The zero-order valence-corrected chi connectivity index (χ0v) is 24.5. The van der Waals surface area contributed by atoms with Crippen molar-refractivity contribution in [3.63, 3.8) is 0 Å². The average molecular weight is 667 g/mol. The van der Waals surface area contributed by atoms with Crippen molar-refractivity contribution in [1.82, 2.24) is 10.6 Å². The van der Waals surface area contributed by atoms with Gasteiger partial charge in [-0.2, -0.15) is 16.8 Å². The summed E-state index contributed by atoms with van der Waals surface area (Å²) in [6.45, 7) is -0.411. The standard InChI is InChI=1S/C12H23NO7S.C10H15NO10S/c14-9-6-10(15)8-11(7-9)20-4-2-12(16)13-3-1-5-21(17,18)19;12-5(8-6(13)7(14)9(15)21-8)4-20-10(16)11-2-1-3-22(17,18)19/h9-11,14-15H,1-8H2,(H,13,16)(H,17,18,19);5,8,12-14H,1-4H2,(H,11,16)(H,17,18,19). The number of rotatable bonds is 15. The van der Waals surface area contributed by atoms with Crippen molar-refractivity contribution >= 4 is 38.2 Å². The van der Waals surface area contributed by atoms with E-state index in [1.165, 1.54) is 0 Å². The molecule has 4 atom stereocenters. The summed E-state index contributed by atoms with van der Waals surface area (Å²) in [6.07, 6.45) is -4.07. The summed E-state index contributed by atoms with van der Waals surface area (Å²) >= 11 is 0. The quantitative estimate of drug-likeness (QED) is 0.0502. The lowest BCUT2D eigenvalue weighted by Gasteiger charge is -2.29. The molecule has 9 N–H and O–H groups in total. The molecule has 1 fully saturated rings. The van der Waals surface area contributed by atoms with Gasteiger partial charge < -0.3 is 50.4 Å². The Labute approximate surface area is 247 Å². The van der Waals surface area contributed by atoms with Gasteiger partial charge in [0, 0.05) is 19.5 Å². The lowest BCUT2D eigenvalue weighted by atomic mass is 9.92. The first-order chi connectivity index (χ1) is 19.9. The third-order valence-electron chi connectivity index (χ3n) is 5.72. The molecule has 43 heavy (non-hydrogen) atoms. The molecule has 1 aliphatic carbocycles. The highest BCUT2D eigenvalue weighted by atomic mass is 32.2. The summed E-state index contributed by atoms with van der Waals surface area (Å²) in [4.78, 5) is 33.5. The van der Waals surface area contributed by atoms with Crippen LogP contribution in [0.2, 0.25) is 0 Å². The van der Waals surface area contributed by atoms with Gasteiger partial charge in [-0.05, 0) is 32.1 Å². The van der Waals surface area contributed by atoms with E-state index in [-0.39, 0.29) is 56.7 Å². The second-order valence-corrected chi connectivity index (χ2v) is 12.7. The second kappa shape index (κ2) is 18.1. The maximum absolute atomic E-state index is 11.4. The lowest BCUT2D eigenvalue weighted by molar-refractivity contribution is -0.147. The predicted molar refractivity (Wildman–Crippen MR) is 143 cm³/mol. The first kappa shape index (κ1) is 38.2. The van der Waals surface area contributed by atoms with Crippen LogP contribution in [-0.4, -0.2) is 138 Å². The molecule has 0 bridgehead atoms. The predicted octanol–water partition coefficient (Wildman–Crippen LogP) is -2.33. The number of nitrogens with one attached hydrogen (secondary N) is 2. The van der Waals surface area contributed by atoms with Gasteiger partial charge >= 0.3 is 12.1 Å². The van der Waals surface area contributed by atoms with Gasteiger partial charge in [-0.15, -0.1) is 0 Å². The average Bonchev–Trinajstić information content (AvgIpc) is 3.14. The van der Waals surface area contributed by atoms with E-state index in [0.29, 0.717) is 19.3 Å². The van der Waals surface area contributed by atoms with Crippen LogP contribution in [0.1, 0.15) is 38.5 Å². The van der Waals surface area contributed by atoms with Crippen LogP contribution in [0.5, 0.6) is 0 Å². The number of hydrogen-bond donors (Lipinski definition) is 9. The summed E-state index contributed by atoms with van der Waals surface area (Å²) in [7, 11) is -8.10. The molecule has 0 radical (unpaired) electrons. The van der Waals surface area contributed by atoms with Gasteiger partial charge in [0.25, 0.3) is 20.2 Å². The molecule has 2 amide bonds. The molecule has 2 aliphatic rings. The largest absolute Gasteiger partial charge is 0.505 e. The number of carbonyl (C=O) groups excluding carboxylic acids is 3. The molecular weight excluding hydrogens is 628 g/mol. The number of carbonyl (C=O) groups is 3. The molecule has 250 valence electrons. The summed E-state index contributed by atoms with van der Waals surface area (Å²) in [5.41, 5.74) is 0. The van der Waals surface area contributed by atoms with Crippen molar-refractivity contribution in [2.75, 3.05) is 37.8 Å². The number of esters is 1. The van der Waals surface area contributed by atoms with E-state index in [4.69, 9.17) is 18.9 Å². The number of cyclic esters (lactones) is 1. The van der Waals surface area contributed by atoms with Crippen molar-refractivity contribution in [3.8, 4) is 0 Å². The van der Waals surface area contributed by atoms with E-state index >= 15 is 0 Å². The summed E-state index contributed by atoms with van der Waals surface area (Å²) in [5, 5.41) is 51.5. The van der Waals surface area contributed by atoms with Crippen LogP contribution in [0.25, 0.3) is 0 Å². The molecular formula is C22H38N2O17S2. The van der Waals surface area contributed by atoms with Crippen LogP contribution in [0.3, 0.4) is 0 Å². The van der Waals surface area contributed by atoms with Crippen molar-refractivity contribution in [1.29, 1.82) is 0 Å². The van der Waals surface area contributed by atoms with Gasteiger partial charge in [0.1, 0.15) is 12.7 Å². The highest BCUT2D eigenvalue weighted by Crippen LogP contribution is 2.22. The van der Waals surface area contributed by atoms with Crippen molar-refractivity contribution in [3.05, 3.63) is 11.5 Å². The van der Waals surface area contributed by atoms with Crippen molar-refractivity contribution in [2.45, 2.75) is 69.0 Å². The Balaban J connectivity index is 0.000000430. The molecule has 1 aliphatic heterocycles. The zero-order valence-electron chi connectivity index (χ0n) is 22.9. The van der Waals surface area contributed by atoms with E-state index in [9.17, 15) is 51.6 Å². The second-order valence-electron chi connectivity index (χ2n) is 9.54. The Hall–Kier alpha value is -2.79. The first-order valence-electron chi connectivity index (χ1n) is 12.9. The molecule has 1 heterocycles. The van der Waals surface area contributed by atoms with Gasteiger partial charge in [-0.3, -0.25) is 13.9 Å². The Morgan fingerprint density at radius 1 is 0.930 bits per heavy atom. The number of hydrogen-bond acceptors (Lipinski definition) is 15. The Kier molecular flexibility index (Phi) is 16.1. The minimum absolute atomic E-state index is 0.0475. The molecule has 0 aromatic rings. The van der Waals surface area contributed by atoms with Gasteiger partial charge in [0.15, 0.2) is 11.9 Å². The molecule has 21 heteroatoms. The van der Waals surface area contributed by atoms with Crippen LogP contribution in [0.15, 0.2) is 11.5 Å². The molecule has 4 unspecified atom stereocenters. The Bertz CT molecular complexity index is 1160. The molecule has 0 aromatic heterocycles. The SMILES string of the molecule is O=C(CCOC1CC(O)CC(O)C1)NCCCS(=O)(=O)O.O=C(NCCCS(=O)(=O)O)OCC(O)C1OC(=O)C(O)=C1O. The highest BCUT2D eigenvalue weighted by Gasteiger charge is 2.39. The fourth-order valence-electron chi connectivity index (χ4n) is 3.71. The third-order valence-corrected chi connectivity index (χ3v) is 7.33. The third kappa shape index (κ3) is 17.2. The van der Waals surface area contributed by atoms with Gasteiger partial charge in [-0.1, -0.05) is 0 Å². The van der Waals surface area contributed by atoms with E-state index in [1.807, 2.05) is 0 Å². The summed E-state index contributed by atoms with van der Waals surface area (Å²) in [6, 6.07) is 0. The lowest BCUT2D eigenvalue weighted by Crippen LogP contribution is -2.36. The molecule has 19 nitrogen and oxygen atoms in total. The maximum Gasteiger partial charge on any atom is 0.407 e. The minimum Gasteiger partial charge on any atom is -0.505 e. The normalized spacial score (nSPS) is 23.0. The van der Waals surface area contributed by atoms with Crippen molar-refractivity contribution < 1.29 is 80.1 Å². The maximum atomic E-state index is 11.4. The molecule has 0 saturated heterocycles. The number of aliphatic hydroxyl groups excluding tert-OH is 5. The minimum atomic E-state index is -4.11. The number of amides is 2. The monoisotopic (exact) mass is 666 g/mol. The smallest absolute Gasteiger partial charge is 0.407 e. The van der Waals surface area contributed by atoms with Gasteiger partial charge in [-0.25, -0.2) is 9.59 Å². The van der Waals surface area contributed by atoms with Gasteiger partial charge in [0.2, 0.25) is 11.7 Å². The first-order valence-corrected chi connectivity index (χ1v) is 16.2. The van der Waals surface area contributed by atoms with Crippen LogP contribution in [0.4, 0.5) is 4.79 Å². The van der Waals surface area contributed by atoms with Crippen LogP contribution < -0.4 is 10.6 Å². The molecule has 0 spiro atoms. The van der Waals surface area contributed by atoms with Crippen LogP contribution in [0, 0.1) is 0 Å². The number of ether oxygens (including phenoxy) is 3. The number of aliphatic hydroxyl groups is 5. The summed E-state index contributed by atoms with van der Waals surface area (Å²) in [5.74, 6) is -4.31. The van der Waals surface area contributed by atoms with E-state index in [0.717, 1.165) is 0 Å². The molecule has 0 aromatic carbocycles. The molecule has 1 saturated carbocycles. The van der Waals surface area contributed by atoms with Gasteiger partial charge in [0.05, 0.1) is 36.4 Å². The Morgan fingerprint density at radius 2 is 1.47 bits per heavy atom.